The van der Waals surface area contributed by atoms with E-state index in [1.807, 2.05) is 36.5 Å². The first-order chi connectivity index (χ1) is 13.6. The lowest BCUT2D eigenvalue weighted by atomic mass is 10.1. The van der Waals surface area contributed by atoms with Gasteiger partial charge in [0.15, 0.2) is 0 Å². The van der Waals surface area contributed by atoms with Gasteiger partial charge in [-0.2, -0.15) is 5.10 Å². The second-order valence-electron chi connectivity index (χ2n) is 6.71. The number of rotatable bonds is 5. The highest BCUT2D eigenvalue weighted by molar-refractivity contribution is 6.03. The Bertz CT molecular complexity index is 1000. The molecule has 1 aliphatic rings. The first kappa shape index (κ1) is 17.9. The highest BCUT2D eigenvalue weighted by Gasteiger charge is 2.36. The topological polar surface area (TPSA) is 67.2 Å². The molecule has 4 rings (SSSR count). The van der Waals surface area contributed by atoms with Gasteiger partial charge in [0, 0.05) is 31.0 Å². The van der Waals surface area contributed by atoms with E-state index in [2.05, 4.69) is 10.4 Å². The van der Waals surface area contributed by atoms with Gasteiger partial charge in [-0.1, -0.05) is 30.3 Å². The minimum absolute atomic E-state index is 0.0570. The van der Waals surface area contributed by atoms with Gasteiger partial charge in [0.05, 0.1) is 18.2 Å². The molecule has 2 amide bonds. The summed E-state index contributed by atoms with van der Waals surface area (Å²) in [5.41, 5.74) is 1.80. The summed E-state index contributed by atoms with van der Waals surface area (Å²) in [5.74, 6) is -1.51. The number of nitrogens with one attached hydrogen (secondary N) is 1. The van der Waals surface area contributed by atoms with Crippen molar-refractivity contribution in [3.8, 4) is 0 Å². The molecule has 1 unspecified atom stereocenters. The Hall–Kier alpha value is -3.48. The van der Waals surface area contributed by atoms with Gasteiger partial charge >= 0.3 is 0 Å². The summed E-state index contributed by atoms with van der Waals surface area (Å²) < 4.78 is 15.8. The molecule has 1 N–H and O–H groups in total. The van der Waals surface area contributed by atoms with Gasteiger partial charge < -0.3 is 10.2 Å². The van der Waals surface area contributed by atoms with Crippen molar-refractivity contribution in [1.29, 1.82) is 0 Å². The largest absolute Gasteiger partial charge is 0.325 e. The van der Waals surface area contributed by atoms with Crippen LogP contribution in [-0.2, 0) is 16.1 Å². The summed E-state index contributed by atoms with van der Waals surface area (Å²) in [6.45, 7) is 0.682. The Balaban J connectivity index is 1.48. The van der Waals surface area contributed by atoms with Crippen molar-refractivity contribution in [2.75, 3.05) is 16.8 Å². The van der Waals surface area contributed by atoms with E-state index in [0.29, 0.717) is 12.2 Å². The third-order valence-corrected chi connectivity index (χ3v) is 4.81. The van der Waals surface area contributed by atoms with Crippen molar-refractivity contribution in [3.05, 3.63) is 78.4 Å². The van der Waals surface area contributed by atoms with Crippen molar-refractivity contribution in [2.24, 2.45) is 5.92 Å². The number of hydrogen-bond donors (Lipinski definition) is 1. The predicted octanol–water partition coefficient (Wildman–Crippen LogP) is 3.06. The van der Waals surface area contributed by atoms with Crippen molar-refractivity contribution in [3.63, 3.8) is 0 Å². The van der Waals surface area contributed by atoms with E-state index >= 15 is 0 Å². The zero-order valence-electron chi connectivity index (χ0n) is 15.1. The highest BCUT2D eigenvalue weighted by atomic mass is 19.1. The fourth-order valence-corrected chi connectivity index (χ4v) is 3.37. The Morgan fingerprint density at radius 1 is 1.14 bits per heavy atom. The number of halogens is 1. The summed E-state index contributed by atoms with van der Waals surface area (Å²) in [7, 11) is 0. The van der Waals surface area contributed by atoms with Gasteiger partial charge in [-0.15, -0.1) is 0 Å². The molecule has 142 valence electrons. The van der Waals surface area contributed by atoms with Crippen molar-refractivity contribution < 1.29 is 14.0 Å². The van der Waals surface area contributed by atoms with Crippen molar-refractivity contribution in [1.82, 2.24) is 9.78 Å². The standard InChI is InChI=1S/C21H19FN4O2/c22-17-7-2-4-9-19(17)26-14-16(12-20(26)27)21(28)24-18-8-3-1-6-15(18)13-25-11-5-10-23-25/h1-11,16H,12-14H2,(H,24,28). The van der Waals surface area contributed by atoms with Crippen LogP contribution in [0, 0.1) is 11.7 Å². The van der Waals surface area contributed by atoms with Gasteiger partial charge in [-0.05, 0) is 29.8 Å². The van der Waals surface area contributed by atoms with Gasteiger partial charge in [-0.25, -0.2) is 4.39 Å². The van der Waals surface area contributed by atoms with Gasteiger partial charge in [0.2, 0.25) is 11.8 Å². The normalized spacial score (nSPS) is 16.4. The van der Waals surface area contributed by atoms with Crippen molar-refractivity contribution >= 4 is 23.2 Å². The van der Waals surface area contributed by atoms with Crippen LogP contribution in [0.2, 0.25) is 0 Å². The molecule has 1 saturated heterocycles. The number of anilines is 2. The SMILES string of the molecule is O=C(Nc1ccccc1Cn1cccn1)C1CC(=O)N(c2ccccc2F)C1. The van der Waals surface area contributed by atoms with E-state index < -0.39 is 11.7 Å². The Kier molecular flexibility index (Phi) is 4.89. The fraction of sp³-hybridized carbons (Fsp3) is 0.190. The van der Waals surface area contributed by atoms with Crippen molar-refractivity contribution in [2.45, 2.75) is 13.0 Å². The lowest BCUT2D eigenvalue weighted by molar-refractivity contribution is -0.122. The summed E-state index contributed by atoms with van der Waals surface area (Å²) in [6, 6.07) is 15.4. The molecule has 2 heterocycles. The molecule has 1 fully saturated rings. The minimum atomic E-state index is -0.537. The van der Waals surface area contributed by atoms with Crippen LogP contribution < -0.4 is 10.2 Å². The molecule has 1 aromatic heterocycles. The van der Waals surface area contributed by atoms with Crippen LogP contribution in [-0.4, -0.2) is 28.1 Å². The molecule has 0 bridgehead atoms. The molecule has 28 heavy (non-hydrogen) atoms. The maximum Gasteiger partial charge on any atom is 0.229 e. The monoisotopic (exact) mass is 378 g/mol. The highest BCUT2D eigenvalue weighted by Crippen LogP contribution is 2.28. The van der Waals surface area contributed by atoms with Crippen LogP contribution in [0.3, 0.4) is 0 Å². The second-order valence-corrected chi connectivity index (χ2v) is 6.71. The van der Waals surface area contributed by atoms with Crippen LogP contribution in [0.4, 0.5) is 15.8 Å². The average Bonchev–Trinajstić information content (AvgIpc) is 3.33. The maximum absolute atomic E-state index is 14.0. The minimum Gasteiger partial charge on any atom is -0.325 e. The molecule has 0 spiro atoms. The molecule has 0 radical (unpaired) electrons. The van der Waals surface area contributed by atoms with Gasteiger partial charge in [-0.3, -0.25) is 14.3 Å². The lowest BCUT2D eigenvalue weighted by Gasteiger charge is -2.18. The molecule has 1 atom stereocenters. The molecule has 7 heteroatoms. The van der Waals surface area contributed by atoms with Crippen LogP contribution in [0.15, 0.2) is 67.0 Å². The molecule has 3 aromatic rings. The Labute approximate surface area is 161 Å². The van der Waals surface area contributed by atoms with Crippen LogP contribution >= 0.6 is 0 Å². The molecule has 2 aromatic carbocycles. The molecular formula is C21H19FN4O2. The van der Waals surface area contributed by atoms with Gasteiger partial charge in [0.25, 0.3) is 0 Å². The van der Waals surface area contributed by atoms with Crippen LogP contribution in [0.25, 0.3) is 0 Å². The number of carbonyl (C=O) groups is 2. The quantitative estimate of drug-likeness (QED) is 0.742. The van der Waals surface area contributed by atoms with E-state index in [1.165, 1.54) is 11.0 Å². The Morgan fingerprint density at radius 2 is 1.93 bits per heavy atom. The number of nitrogens with zero attached hydrogens (tertiary/aromatic N) is 3. The number of carbonyl (C=O) groups excluding carboxylic acids is 2. The number of para-hydroxylation sites is 2. The first-order valence-corrected chi connectivity index (χ1v) is 9.03. The number of aromatic nitrogens is 2. The summed E-state index contributed by atoms with van der Waals surface area (Å²) >= 11 is 0. The number of benzene rings is 2. The first-order valence-electron chi connectivity index (χ1n) is 9.03. The zero-order valence-corrected chi connectivity index (χ0v) is 15.1. The predicted molar refractivity (Wildman–Crippen MR) is 103 cm³/mol. The molecule has 1 aliphatic heterocycles. The average molecular weight is 378 g/mol. The Morgan fingerprint density at radius 3 is 2.71 bits per heavy atom. The van der Waals surface area contributed by atoms with E-state index in [-0.39, 0.29) is 30.5 Å². The van der Waals surface area contributed by atoms with Crippen LogP contribution in [0.1, 0.15) is 12.0 Å². The summed E-state index contributed by atoms with van der Waals surface area (Å²) in [5, 5.41) is 7.11. The van der Waals surface area contributed by atoms with Gasteiger partial charge in [0.1, 0.15) is 5.82 Å². The molecule has 0 saturated carbocycles. The third-order valence-electron chi connectivity index (χ3n) is 4.81. The molecule has 0 aliphatic carbocycles. The van der Waals surface area contributed by atoms with E-state index in [9.17, 15) is 14.0 Å². The lowest BCUT2D eigenvalue weighted by Crippen LogP contribution is -2.29. The summed E-state index contributed by atoms with van der Waals surface area (Å²) in [4.78, 5) is 26.5. The fourth-order valence-electron chi connectivity index (χ4n) is 3.37. The number of hydrogen-bond acceptors (Lipinski definition) is 3. The van der Waals surface area contributed by atoms with E-state index in [1.54, 1.807) is 29.1 Å². The van der Waals surface area contributed by atoms with Crippen LogP contribution in [0.5, 0.6) is 0 Å². The third kappa shape index (κ3) is 3.64. The molecule has 6 nitrogen and oxygen atoms in total. The molecular weight excluding hydrogens is 359 g/mol. The number of amides is 2. The smallest absolute Gasteiger partial charge is 0.229 e. The van der Waals surface area contributed by atoms with E-state index in [0.717, 1.165) is 5.56 Å². The summed E-state index contributed by atoms with van der Waals surface area (Å²) in [6.07, 6.45) is 3.60. The zero-order chi connectivity index (χ0) is 19.5. The maximum atomic E-state index is 14.0. The second kappa shape index (κ2) is 7.64. The van der Waals surface area contributed by atoms with E-state index in [4.69, 9.17) is 0 Å².